The van der Waals surface area contributed by atoms with E-state index in [2.05, 4.69) is 0 Å². The predicted molar refractivity (Wildman–Crippen MR) is 65.1 cm³/mol. The lowest BCUT2D eigenvalue weighted by atomic mass is 10.1. The molecule has 0 bridgehead atoms. The van der Waals surface area contributed by atoms with E-state index in [1.54, 1.807) is 0 Å². The van der Waals surface area contributed by atoms with E-state index in [9.17, 15) is 13.2 Å². The summed E-state index contributed by atoms with van der Waals surface area (Å²) in [5.41, 5.74) is 5.50. The zero-order valence-corrected chi connectivity index (χ0v) is 10.8. The molecule has 2 fully saturated rings. The van der Waals surface area contributed by atoms with Crippen molar-refractivity contribution in [2.45, 2.75) is 19.3 Å². The van der Waals surface area contributed by atoms with Crippen molar-refractivity contribution in [3.05, 3.63) is 0 Å². The van der Waals surface area contributed by atoms with Crippen LogP contribution in [-0.2, 0) is 14.6 Å². The first-order valence-electron chi connectivity index (χ1n) is 6.21. The summed E-state index contributed by atoms with van der Waals surface area (Å²) in [6.07, 6.45) is 2.45. The quantitative estimate of drug-likeness (QED) is 0.750. The number of carbonyl (C=O) groups is 1. The van der Waals surface area contributed by atoms with Crippen LogP contribution in [0.2, 0.25) is 0 Å². The second-order valence-corrected chi connectivity index (χ2v) is 7.34. The number of nitrogens with two attached hydrogens (primary N) is 1. The highest BCUT2D eigenvalue weighted by molar-refractivity contribution is 7.91. The summed E-state index contributed by atoms with van der Waals surface area (Å²) in [6.45, 7) is 2.18. The number of likely N-dealkylation sites (tertiary alicyclic amines) is 1. The third-order valence-electron chi connectivity index (χ3n) is 3.75. The summed E-state index contributed by atoms with van der Waals surface area (Å²) in [5, 5.41) is 0. The van der Waals surface area contributed by atoms with Crippen molar-refractivity contribution in [3.63, 3.8) is 0 Å². The van der Waals surface area contributed by atoms with Crippen molar-refractivity contribution < 1.29 is 13.2 Å². The van der Waals surface area contributed by atoms with Crippen LogP contribution in [0.25, 0.3) is 0 Å². The van der Waals surface area contributed by atoms with Gasteiger partial charge in [0.15, 0.2) is 9.84 Å². The second-order valence-electron chi connectivity index (χ2n) is 5.12. The van der Waals surface area contributed by atoms with Crippen LogP contribution in [0.4, 0.5) is 0 Å². The molecule has 2 heterocycles. The highest BCUT2D eigenvalue weighted by Gasteiger charge is 2.37. The SMILES string of the molecule is NCCC1CCN(C(=O)C2CCS(=O)(=O)C2)C1. The smallest absolute Gasteiger partial charge is 0.226 e. The number of sulfone groups is 1. The Balaban J connectivity index is 1.90. The van der Waals surface area contributed by atoms with Crippen molar-refractivity contribution in [2.24, 2.45) is 17.6 Å². The lowest BCUT2D eigenvalue weighted by molar-refractivity contribution is -0.133. The molecule has 2 saturated heterocycles. The van der Waals surface area contributed by atoms with Crippen LogP contribution in [0.1, 0.15) is 19.3 Å². The van der Waals surface area contributed by atoms with E-state index in [1.807, 2.05) is 4.90 Å². The molecule has 2 aliphatic heterocycles. The van der Waals surface area contributed by atoms with Crippen LogP contribution in [0.3, 0.4) is 0 Å². The molecule has 17 heavy (non-hydrogen) atoms. The second kappa shape index (κ2) is 4.94. The molecule has 2 unspecified atom stereocenters. The van der Waals surface area contributed by atoms with E-state index in [1.165, 1.54) is 0 Å². The molecular formula is C11H20N2O3S. The number of nitrogens with zero attached hydrogens (tertiary/aromatic N) is 1. The lowest BCUT2D eigenvalue weighted by Crippen LogP contribution is -2.35. The van der Waals surface area contributed by atoms with Crippen molar-refractivity contribution in [1.29, 1.82) is 0 Å². The molecule has 0 radical (unpaired) electrons. The molecule has 2 aliphatic rings. The Labute approximate surface area is 102 Å². The van der Waals surface area contributed by atoms with E-state index in [0.29, 0.717) is 18.9 Å². The maximum atomic E-state index is 12.1. The Morgan fingerprint density at radius 1 is 1.35 bits per heavy atom. The summed E-state index contributed by atoms with van der Waals surface area (Å²) in [6, 6.07) is 0. The normalized spacial score (nSPS) is 31.9. The highest BCUT2D eigenvalue weighted by Crippen LogP contribution is 2.25. The summed E-state index contributed by atoms with van der Waals surface area (Å²) in [7, 11) is -2.96. The first-order chi connectivity index (χ1) is 8.02. The third kappa shape index (κ3) is 2.98. The highest BCUT2D eigenvalue weighted by atomic mass is 32.2. The molecule has 0 saturated carbocycles. The van der Waals surface area contributed by atoms with Gasteiger partial charge in [-0.1, -0.05) is 0 Å². The van der Waals surface area contributed by atoms with Gasteiger partial charge in [-0.3, -0.25) is 4.79 Å². The molecule has 0 aromatic rings. The topological polar surface area (TPSA) is 80.5 Å². The van der Waals surface area contributed by atoms with E-state index >= 15 is 0 Å². The Kier molecular flexibility index (Phi) is 3.73. The minimum Gasteiger partial charge on any atom is -0.342 e. The van der Waals surface area contributed by atoms with Gasteiger partial charge in [-0.25, -0.2) is 8.42 Å². The average molecular weight is 260 g/mol. The molecule has 2 N–H and O–H groups in total. The van der Waals surface area contributed by atoms with Gasteiger partial charge in [-0.05, 0) is 31.7 Å². The molecule has 0 aromatic carbocycles. The van der Waals surface area contributed by atoms with E-state index in [0.717, 1.165) is 25.9 Å². The number of rotatable bonds is 3. The molecule has 6 heteroatoms. The minimum absolute atomic E-state index is 0.0330. The van der Waals surface area contributed by atoms with Gasteiger partial charge in [0.05, 0.1) is 17.4 Å². The first kappa shape index (κ1) is 12.8. The number of hydrogen-bond donors (Lipinski definition) is 1. The zero-order valence-electron chi connectivity index (χ0n) is 9.97. The minimum atomic E-state index is -2.96. The predicted octanol–water partition coefficient (Wildman–Crippen LogP) is -0.382. The molecule has 0 aliphatic carbocycles. The van der Waals surface area contributed by atoms with E-state index in [4.69, 9.17) is 5.73 Å². The molecule has 2 atom stereocenters. The van der Waals surface area contributed by atoms with Crippen LogP contribution in [0.15, 0.2) is 0 Å². The fourth-order valence-electron chi connectivity index (χ4n) is 2.75. The maximum absolute atomic E-state index is 12.1. The van der Waals surface area contributed by atoms with Crippen molar-refractivity contribution in [3.8, 4) is 0 Å². The Morgan fingerprint density at radius 2 is 2.12 bits per heavy atom. The van der Waals surface area contributed by atoms with E-state index in [-0.39, 0.29) is 23.3 Å². The molecule has 1 amide bonds. The van der Waals surface area contributed by atoms with Gasteiger partial charge >= 0.3 is 0 Å². The molecular weight excluding hydrogens is 240 g/mol. The number of amides is 1. The van der Waals surface area contributed by atoms with Crippen molar-refractivity contribution >= 4 is 15.7 Å². The molecule has 0 aromatic heterocycles. The largest absolute Gasteiger partial charge is 0.342 e. The number of carbonyl (C=O) groups excluding carboxylic acids is 1. The van der Waals surface area contributed by atoms with Gasteiger partial charge in [-0.2, -0.15) is 0 Å². The maximum Gasteiger partial charge on any atom is 0.226 e. The van der Waals surface area contributed by atoms with Gasteiger partial charge in [0.1, 0.15) is 0 Å². The molecule has 5 nitrogen and oxygen atoms in total. The van der Waals surface area contributed by atoms with Crippen LogP contribution in [-0.4, -0.2) is 50.4 Å². The molecule has 2 rings (SSSR count). The lowest BCUT2D eigenvalue weighted by Gasteiger charge is -2.19. The third-order valence-corrected chi connectivity index (χ3v) is 5.52. The van der Waals surface area contributed by atoms with Crippen LogP contribution >= 0.6 is 0 Å². The van der Waals surface area contributed by atoms with Crippen molar-refractivity contribution in [1.82, 2.24) is 4.90 Å². The monoisotopic (exact) mass is 260 g/mol. The van der Waals surface area contributed by atoms with Crippen LogP contribution in [0, 0.1) is 11.8 Å². The Hall–Kier alpha value is -0.620. The van der Waals surface area contributed by atoms with Crippen LogP contribution < -0.4 is 5.73 Å². The van der Waals surface area contributed by atoms with Crippen LogP contribution in [0.5, 0.6) is 0 Å². The summed E-state index contributed by atoms with van der Waals surface area (Å²) in [4.78, 5) is 13.9. The van der Waals surface area contributed by atoms with Gasteiger partial charge in [-0.15, -0.1) is 0 Å². The first-order valence-corrected chi connectivity index (χ1v) is 8.03. The van der Waals surface area contributed by atoms with Crippen molar-refractivity contribution in [2.75, 3.05) is 31.1 Å². The zero-order chi connectivity index (χ0) is 12.5. The fraction of sp³-hybridized carbons (Fsp3) is 0.909. The summed E-state index contributed by atoms with van der Waals surface area (Å²) < 4.78 is 22.7. The summed E-state index contributed by atoms with van der Waals surface area (Å²) >= 11 is 0. The Morgan fingerprint density at radius 3 is 2.71 bits per heavy atom. The summed E-state index contributed by atoms with van der Waals surface area (Å²) in [5.74, 6) is 0.456. The van der Waals surface area contributed by atoms with E-state index < -0.39 is 9.84 Å². The van der Waals surface area contributed by atoms with Gasteiger partial charge < -0.3 is 10.6 Å². The average Bonchev–Trinajstić information content (AvgIpc) is 2.85. The van der Waals surface area contributed by atoms with Gasteiger partial charge in [0.2, 0.25) is 5.91 Å². The molecule has 98 valence electrons. The standard InChI is InChI=1S/C11H20N2O3S/c12-4-1-9-2-5-13(7-9)11(14)10-3-6-17(15,16)8-10/h9-10H,1-8,12H2. The number of hydrogen-bond acceptors (Lipinski definition) is 4. The van der Waals surface area contributed by atoms with Gasteiger partial charge in [0, 0.05) is 13.1 Å². The van der Waals surface area contributed by atoms with Gasteiger partial charge in [0.25, 0.3) is 0 Å². The fourth-order valence-corrected chi connectivity index (χ4v) is 4.48. The molecule has 0 spiro atoms. The Bertz CT molecular complexity index is 394.